The summed E-state index contributed by atoms with van der Waals surface area (Å²) in [5, 5.41) is 0. The van der Waals surface area contributed by atoms with E-state index in [1.807, 2.05) is 84.9 Å². The van der Waals surface area contributed by atoms with Crippen LogP contribution in [0.4, 0.5) is 0 Å². The van der Waals surface area contributed by atoms with Gasteiger partial charge in [0.15, 0.2) is 11.2 Å². The van der Waals surface area contributed by atoms with Crippen LogP contribution in [-0.2, 0) is 30.3 Å². The van der Waals surface area contributed by atoms with Crippen LogP contribution in [0.1, 0.15) is 48.2 Å². The van der Waals surface area contributed by atoms with Crippen molar-refractivity contribution < 1.29 is 28.5 Å². The third kappa shape index (κ3) is 7.16. The number of ether oxygens (including phenoxy) is 4. The average Bonchev–Trinajstić information content (AvgIpc) is 3.07. The SMILES string of the molecule is COc1ccc(C(N)C(C)(OC(=O)/C=C\C(=O)OC(C)(c2ccccc2)C(N)c2ccc(OC)cc2)c2ccccc2)cc1. The maximum atomic E-state index is 13.2. The van der Waals surface area contributed by atoms with Gasteiger partial charge >= 0.3 is 11.9 Å². The zero-order chi connectivity index (χ0) is 31.7. The van der Waals surface area contributed by atoms with E-state index in [0.717, 1.165) is 23.3 Å². The second-order valence-corrected chi connectivity index (χ2v) is 10.6. The third-order valence-corrected chi connectivity index (χ3v) is 7.81. The molecule has 0 radical (unpaired) electrons. The third-order valence-electron chi connectivity index (χ3n) is 7.81. The van der Waals surface area contributed by atoms with E-state index >= 15 is 0 Å². The normalized spacial score (nSPS) is 15.3. The summed E-state index contributed by atoms with van der Waals surface area (Å²) in [6.45, 7) is 3.48. The van der Waals surface area contributed by atoms with Crippen molar-refractivity contribution in [2.24, 2.45) is 11.5 Å². The lowest BCUT2D eigenvalue weighted by atomic mass is 9.84. The molecule has 4 rings (SSSR count). The minimum atomic E-state index is -1.27. The summed E-state index contributed by atoms with van der Waals surface area (Å²) in [6, 6.07) is 31.4. The Labute approximate surface area is 258 Å². The number of carbonyl (C=O) groups excluding carboxylic acids is 2. The minimum Gasteiger partial charge on any atom is -0.497 e. The first kappa shape index (κ1) is 32.0. The molecular weight excluding hydrogens is 556 g/mol. The molecule has 4 aromatic rings. The molecule has 0 spiro atoms. The fourth-order valence-corrected chi connectivity index (χ4v) is 5.02. The molecule has 0 aromatic heterocycles. The molecule has 0 saturated carbocycles. The highest BCUT2D eigenvalue weighted by Crippen LogP contribution is 2.39. The zero-order valence-electron chi connectivity index (χ0n) is 25.3. The highest BCUT2D eigenvalue weighted by atomic mass is 16.6. The summed E-state index contributed by atoms with van der Waals surface area (Å²) in [7, 11) is 3.16. The molecule has 4 atom stereocenters. The number of benzene rings is 4. The second kappa shape index (κ2) is 14.0. The molecular formula is C36H38N2O6. The van der Waals surface area contributed by atoms with Crippen LogP contribution in [-0.4, -0.2) is 26.2 Å². The lowest BCUT2D eigenvalue weighted by molar-refractivity contribution is -0.158. The van der Waals surface area contributed by atoms with Gasteiger partial charge < -0.3 is 30.4 Å². The van der Waals surface area contributed by atoms with Crippen LogP contribution in [0, 0.1) is 0 Å². The quantitative estimate of drug-likeness (QED) is 0.154. The van der Waals surface area contributed by atoms with Crippen molar-refractivity contribution in [1.29, 1.82) is 0 Å². The number of nitrogens with two attached hydrogens (primary N) is 2. The van der Waals surface area contributed by atoms with E-state index in [2.05, 4.69) is 0 Å². The molecule has 0 aliphatic rings. The Morgan fingerprint density at radius 3 is 1.18 bits per heavy atom. The van der Waals surface area contributed by atoms with Crippen molar-refractivity contribution in [3.05, 3.63) is 144 Å². The number of hydrogen-bond acceptors (Lipinski definition) is 8. The van der Waals surface area contributed by atoms with Crippen LogP contribution in [0.2, 0.25) is 0 Å². The van der Waals surface area contributed by atoms with Crippen molar-refractivity contribution in [3.63, 3.8) is 0 Å². The van der Waals surface area contributed by atoms with Crippen LogP contribution in [0.15, 0.2) is 121 Å². The van der Waals surface area contributed by atoms with Crippen LogP contribution < -0.4 is 20.9 Å². The minimum absolute atomic E-state index is 0.676. The molecule has 0 aliphatic carbocycles. The van der Waals surface area contributed by atoms with Gasteiger partial charge in [0.1, 0.15) is 11.5 Å². The lowest BCUT2D eigenvalue weighted by Gasteiger charge is -2.36. The van der Waals surface area contributed by atoms with Gasteiger partial charge in [-0.3, -0.25) is 0 Å². The molecule has 44 heavy (non-hydrogen) atoms. The van der Waals surface area contributed by atoms with Crippen LogP contribution in [0.3, 0.4) is 0 Å². The molecule has 4 unspecified atom stereocenters. The molecule has 0 fully saturated rings. The van der Waals surface area contributed by atoms with E-state index in [-0.39, 0.29) is 0 Å². The lowest BCUT2D eigenvalue weighted by Crippen LogP contribution is -2.40. The van der Waals surface area contributed by atoms with Gasteiger partial charge in [0.25, 0.3) is 0 Å². The van der Waals surface area contributed by atoms with Gasteiger partial charge in [-0.25, -0.2) is 9.59 Å². The Kier molecular flexibility index (Phi) is 10.2. The van der Waals surface area contributed by atoms with Gasteiger partial charge in [-0.1, -0.05) is 84.9 Å². The van der Waals surface area contributed by atoms with Crippen LogP contribution >= 0.6 is 0 Å². The highest BCUT2D eigenvalue weighted by Gasteiger charge is 2.40. The standard InChI is InChI=1S/C36H38N2O6/c1-35(27-11-7-5-8-12-27,33(37)25-15-19-29(41-3)20-16-25)43-31(39)23-24-32(40)44-36(2,28-13-9-6-10-14-28)34(38)26-17-21-30(42-4)22-18-26/h5-24,33-34H,37-38H2,1-4H3/b24-23-. The Balaban J connectivity index is 1.56. The fraction of sp³-hybridized carbons (Fsp3) is 0.222. The first-order valence-electron chi connectivity index (χ1n) is 14.1. The molecule has 228 valence electrons. The van der Waals surface area contributed by atoms with Gasteiger partial charge in [-0.15, -0.1) is 0 Å². The predicted molar refractivity (Wildman–Crippen MR) is 169 cm³/mol. The average molecular weight is 595 g/mol. The smallest absolute Gasteiger partial charge is 0.331 e. The Morgan fingerprint density at radius 2 is 0.886 bits per heavy atom. The first-order chi connectivity index (χ1) is 21.1. The Morgan fingerprint density at radius 1 is 0.568 bits per heavy atom. The highest BCUT2D eigenvalue weighted by molar-refractivity contribution is 5.92. The van der Waals surface area contributed by atoms with Gasteiger partial charge in [0.2, 0.25) is 0 Å². The van der Waals surface area contributed by atoms with E-state index in [1.54, 1.807) is 52.3 Å². The molecule has 0 aliphatic heterocycles. The summed E-state index contributed by atoms with van der Waals surface area (Å²) >= 11 is 0. The van der Waals surface area contributed by atoms with Gasteiger partial charge in [0.05, 0.1) is 26.3 Å². The largest absolute Gasteiger partial charge is 0.497 e. The molecule has 4 N–H and O–H groups in total. The van der Waals surface area contributed by atoms with E-state index < -0.39 is 35.2 Å². The van der Waals surface area contributed by atoms with E-state index in [4.69, 9.17) is 30.4 Å². The molecule has 0 heterocycles. The Hall–Kier alpha value is -4.92. The Bertz CT molecular complexity index is 1440. The van der Waals surface area contributed by atoms with Crippen molar-refractivity contribution >= 4 is 11.9 Å². The van der Waals surface area contributed by atoms with Crippen LogP contribution in [0.25, 0.3) is 0 Å². The molecule has 4 aromatic carbocycles. The van der Waals surface area contributed by atoms with Crippen LogP contribution in [0.5, 0.6) is 11.5 Å². The number of carbonyl (C=O) groups is 2. The summed E-state index contributed by atoms with van der Waals surface area (Å²) < 4.78 is 22.5. The second-order valence-electron chi connectivity index (χ2n) is 10.6. The molecule has 0 bridgehead atoms. The summed E-state index contributed by atoms with van der Waals surface area (Å²) in [4.78, 5) is 26.4. The fourth-order valence-electron chi connectivity index (χ4n) is 5.02. The molecule has 0 saturated heterocycles. The number of esters is 2. The van der Waals surface area contributed by atoms with Gasteiger partial charge in [-0.2, -0.15) is 0 Å². The summed E-state index contributed by atoms with van der Waals surface area (Å²) in [6.07, 6.45) is 2.07. The zero-order valence-corrected chi connectivity index (χ0v) is 25.3. The van der Waals surface area contributed by atoms with Crippen molar-refractivity contribution in [1.82, 2.24) is 0 Å². The summed E-state index contributed by atoms with van der Waals surface area (Å²) in [5.74, 6) is -0.179. The molecule has 0 amide bonds. The number of hydrogen-bond donors (Lipinski definition) is 2. The first-order valence-corrected chi connectivity index (χ1v) is 14.1. The van der Waals surface area contributed by atoms with Crippen molar-refractivity contribution in [2.75, 3.05) is 14.2 Å². The van der Waals surface area contributed by atoms with Crippen molar-refractivity contribution in [3.8, 4) is 11.5 Å². The summed E-state index contributed by atoms with van der Waals surface area (Å²) in [5.41, 5.74) is 13.7. The molecule has 8 heteroatoms. The van der Waals surface area contributed by atoms with Gasteiger partial charge in [-0.05, 0) is 60.4 Å². The maximum absolute atomic E-state index is 13.2. The van der Waals surface area contributed by atoms with E-state index in [1.165, 1.54) is 0 Å². The van der Waals surface area contributed by atoms with E-state index in [9.17, 15) is 9.59 Å². The molecule has 8 nitrogen and oxygen atoms in total. The maximum Gasteiger partial charge on any atom is 0.331 e. The van der Waals surface area contributed by atoms with E-state index in [0.29, 0.717) is 22.6 Å². The monoisotopic (exact) mass is 594 g/mol. The number of methoxy groups -OCH3 is 2. The number of rotatable bonds is 12. The van der Waals surface area contributed by atoms with Gasteiger partial charge in [0, 0.05) is 12.2 Å². The van der Waals surface area contributed by atoms with Crippen molar-refractivity contribution in [2.45, 2.75) is 37.1 Å². The topological polar surface area (TPSA) is 123 Å². The predicted octanol–water partition coefficient (Wildman–Crippen LogP) is 5.88.